The molecule has 0 aliphatic rings. The van der Waals surface area contributed by atoms with Crippen molar-refractivity contribution in [3.8, 4) is 0 Å². The molecule has 1 aromatic heterocycles. The third kappa shape index (κ3) is 2.25. The van der Waals surface area contributed by atoms with Crippen LogP contribution in [0.2, 0.25) is 0 Å². The lowest BCUT2D eigenvalue weighted by Crippen LogP contribution is -2.14. The molecule has 1 heterocycles. The van der Waals surface area contributed by atoms with Gasteiger partial charge in [-0.1, -0.05) is 0 Å². The molecule has 0 atom stereocenters. The normalized spacial score (nSPS) is 12.1. The van der Waals surface area contributed by atoms with E-state index in [1.54, 1.807) is 0 Å². The number of alkyl halides is 2. The van der Waals surface area contributed by atoms with Gasteiger partial charge in [-0.05, 0) is 22.0 Å². The highest BCUT2D eigenvalue weighted by atomic mass is 79.9. The Labute approximate surface area is 87.3 Å². The van der Waals surface area contributed by atoms with Gasteiger partial charge in [-0.25, -0.2) is 22.3 Å². The lowest BCUT2D eigenvalue weighted by molar-refractivity contribution is 0.144. The number of nitrogens with zero attached hydrogens (tertiary/aromatic N) is 1. The van der Waals surface area contributed by atoms with Gasteiger partial charge in [-0.15, -0.1) is 0 Å². The van der Waals surface area contributed by atoms with Crippen LogP contribution >= 0.6 is 15.9 Å². The van der Waals surface area contributed by atoms with E-state index in [0.29, 0.717) is 0 Å². The van der Waals surface area contributed by atoms with Crippen molar-refractivity contribution in [2.24, 2.45) is 5.14 Å². The third-order valence-corrected chi connectivity index (χ3v) is 3.44. The van der Waals surface area contributed by atoms with Gasteiger partial charge in [0.2, 0.25) is 10.0 Å². The first-order valence-corrected chi connectivity index (χ1v) is 5.63. The second kappa shape index (κ2) is 3.87. The summed E-state index contributed by atoms with van der Waals surface area (Å²) in [6, 6.07) is 1.05. The average Bonchev–Trinajstić information content (AvgIpc) is 2.01. The van der Waals surface area contributed by atoms with Crippen molar-refractivity contribution in [3.63, 3.8) is 0 Å². The van der Waals surface area contributed by atoms with E-state index in [0.717, 1.165) is 12.3 Å². The minimum atomic E-state index is -4.01. The van der Waals surface area contributed by atoms with Gasteiger partial charge in [0, 0.05) is 6.20 Å². The molecule has 0 aromatic carbocycles. The lowest BCUT2D eigenvalue weighted by Gasteiger charge is -2.05. The van der Waals surface area contributed by atoms with Crippen LogP contribution < -0.4 is 5.14 Å². The largest absolute Gasteiger partial charge is 0.281 e. The fourth-order valence-corrected chi connectivity index (χ4v) is 2.50. The summed E-state index contributed by atoms with van der Waals surface area (Å²) in [5.74, 6) is 0. The second-order valence-corrected chi connectivity index (χ2v) is 4.68. The summed E-state index contributed by atoms with van der Waals surface area (Å²) < 4.78 is 46.0. The molecule has 4 nitrogen and oxygen atoms in total. The number of hydrogen-bond donors (Lipinski definition) is 1. The van der Waals surface area contributed by atoms with Crippen molar-refractivity contribution in [2.75, 3.05) is 0 Å². The van der Waals surface area contributed by atoms with Gasteiger partial charge in [-0.2, -0.15) is 0 Å². The molecular formula is C6H5BrF2N2O2S. The van der Waals surface area contributed by atoms with Gasteiger partial charge in [0.1, 0.15) is 5.69 Å². The number of pyridine rings is 1. The van der Waals surface area contributed by atoms with Gasteiger partial charge in [0.25, 0.3) is 6.43 Å². The molecular weight excluding hydrogens is 282 g/mol. The van der Waals surface area contributed by atoms with Crippen LogP contribution in [0.1, 0.15) is 12.1 Å². The van der Waals surface area contributed by atoms with Crippen molar-refractivity contribution in [3.05, 3.63) is 22.4 Å². The summed E-state index contributed by atoms with van der Waals surface area (Å²) >= 11 is 2.72. The van der Waals surface area contributed by atoms with E-state index in [1.807, 2.05) is 0 Å². The highest BCUT2D eigenvalue weighted by Crippen LogP contribution is 2.29. The molecule has 78 valence electrons. The molecule has 0 spiro atoms. The maximum atomic E-state index is 12.3. The van der Waals surface area contributed by atoms with Gasteiger partial charge in [-0.3, -0.25) is 4.98 Å². The molecule has 0 amide bonds. The van der Waals surface area contributed by atoms with Crippen LogP contribution in [0.4, 0.5) is 8.78 Å². The van der Waals surface area contributed by atoms with E-state index in [1.165, 1.54) is 0 Å². The van der Waals surface area contributed by atoms with E-state index in [-0.39, 0.29) is 4.47 Å². The summed E-state index contributed by atoms with van der Waals surface area (Å²) in [4.78, 5) is 2.93. The maximum Gasteiger partial charge on any atom is 0.281 e. The van der Waals surface area contributed by atoms with Crippen molar-refractivity contribution < 1.29 is 17.2 Å². The minimum Gasteiger partial charge on any atom is -0.254 e. The number of rotatable bonds is 2. The molecule has 8 heteroatoms. The fourth-order valence-electron chi connectivity index (χ4n) is 0.813. The lowest BCUT2D eigenvalue weighted by atomic mass is 10.4. The molecule has 0 unspecified atom stereocenters. The zero-order valence-electron chi connectivity index (χ0n) is 6.62. The Morgan fingerprint density at radius 1 is 1.50 bits per heavy atom. The van der Waals surface area contributed by atoms with Crippen LogP contribution in [0.5, 0.6) is 0 Å². The van der Waals surface area contributed by atoms with E-state index >= 15 is 0 Å². The van der Waals surface area contributed by atoms with Crippen molar-refractivity contribution >= 4 is 26.0 Å². The predicted octanol–water partition coefficient (Wildman–Crippen LogP) is 1.43. The van der Waals surface area contributed by atoms with Crippen LogP contribution in [-0.4, -0.2) is 13.4 Å². The Hall–Kier alpha value is -0.600. The first kappa shape index (κ1) is 11.5. The van der Waals surface area contributed by atoms with Gasteiger partial charge in [0.15, 0.2) is 0 Å². The predicted molar refractivity (Wildman–Crippen MR) is 48.3 cm³/mol. The van der Waals surface area contributed by atoms with Crippen LogP contribution in [-0.2, 0) is 10.0 Å². The molecule has 0 saturated carbocycles. The first-order chi connectivity index (χ1) is 6.34. The Morgan fingerprint density at radius 3 is 2.50 bits per heavy atom. The zero-order valence-corrected chi connectivity index (χ0v) is 9.02. The zero-order chi connectivity index (χ0) is 10.9. The summed E-state index contributed by atoms with van der Waals surface area (Å²) in [5.41, 5.74) is -0.642. The standard InChI is InChI=1S/C6H5BrF2N2O2S/c7-4-3(14(10,12)13)1-2-11-5(4)6(8)9/h1-2,6H,(H2,10,12,13). The van der Waals surface area contributed by atoms with E-state index in [4.69, 9.17) is 5.14 Å². The molecule has 1 aromatic rings. The third-order valence-electron chi connectivity index (χ3n) is 1.39. The smallest absolute Gasteiger partial charge is 0.254 e. The van der Waals surface area contributed by atoms with Gasteiger partial charge in [0.05, 0.1) is 9.37 Å². The van der Waals surface area contributed by atoms with Crippen LogP contribution in [0, 0.1) is 0 Å². The first-order valence-electron chi connectivity index (χ1n) is 3.29. The van der Waals surface area contributed by atoms with Crippen molar-refractivity contribution in [2.45, 2.75) is 11.3 Å². The SMILES string of the molecule is NS(=O)(=O)c1ccnc(C(F)F)c1Br. The van der Waals surface area contributed by atoms with Crippen LogP contribution in [0.25, 0.3) is 0 Å². The highest BCUT2D eigenvalue weighted by molar-refractivity contribution is 9.10. The summed E-state index contributed by atoms with van der Waals surface area (Å²) in [6.07, 6.45) is -1.89. The second-order valence-electron chi connectivity index (χ2n) is 2.35. The number of aromatic nitrogens is 1. The molecule has 0 aliphatic carbocycles. The van der Waals surface area contributed by atoms with Gasteiger partial charge < -0.3 is 0 Å². The monoisotopic (exact) mass is 286 g/mol. The molecule has 0 radical (unpaired) electrons. The molecule has 14 heavy (non-hydrogen) atoms. The Balaban J connectivity index is 3.43. The summed E-state index contributed by atoms with van der Waals surface area (Å²) in [7, 11) is -4.01. The Morgan fingerprint density at radius 2 is 2.07 bits per heavy atom. The van der Waals surface area contributed by atoms with E-state index in [9.17, 15) is 17.2 Å². The number of sulfonamides is 1. The Kier molecular flexibility index (Phi) is 3.17. The fraction of sp³-hybridized carbons (Fsp3) is 0.167. The number of primary sulfonamides is 1. The molecule has 1 rings (SSSR count). The van der Waals surface area contributed by atoms with Crippen LogP contribution in [0.3, 0.4) is 0 Å². The van der Waals surface area contributed by atoms with Gasteiger partial charge >= 0.3 is 0 Å². The van der Waals surface area contributed by atoms with Crippen molar-refractivity contribution in [1.82, 2.24) is 4.98 Å². The molecule has 0 bridgehead atoms. The molecule has 0 fully saturated rings. The molecule has 0 saturated heterocycles. The quantitative estimate of drug-likeness (QED) is 0.894. The van der Waals surface area contributed by atoms with Crippen molar-refractivity contribution in [1.29, 1.82) is 0 Å². The summed E-state index contributed by atoms with van der Waals surface area (Å²) in [5, 5.41) is 4.80. The number of halogens is 3. The molecule has 0 aliphatic heterocycles. The average molecular weight is 287 g/mol. The van der Waals surface area contributed by atoms with E-state index in [2.05, 4.69) is 20.9 Å². The topological polar surface area (TPSA) is 73.1 Å². The minimum absolute atomic E-state index is 0.294. The Bertz CT molecular complexity index is 449. The number of hydrogen-bond acceptors (Lipinski definition) is 3. The highest BCUT2D eigenvalue weighted by Gasteiger charge is 2.20. The molecule has 2 N–H and O–H groups in total. The van der Waals surface area contributed by atoms with E-state index < -0.39 is 27.0 Å². The number of nitrogens with two attached hydrogens (primary N) is 1. The van der Waals surface area contributed by atoms with Crippen LogP contribution in [0.15, 0.2) is 21.6 Å². The summed E-state index contributed by atoms with van der Waals surface area (Å²) in [6.45, 7) is 0. The maximum absolute atomic E-state index is 12.3.